The summed E-state index contributed by atoms with van der Waals surface area (Å²) in [5.41, 5.74) is 0. The molecule has 0 unspecified atom stereocenters. The molecule has 0 aromatic carbocycles. The molecule has 9 heteroatoms. The highest BCUT2D eigenvalue weighted by Crippen LogP contribution is 2.36. The first-order valence-corrected chi connectivity index (χ1v) is 25.4. The second-order valence-electron chi connectivity index (χ2n) is 15.7. The van der Waals surface area contributed by atoms with E-state index in [1.54, 1.807) is 0 Å². The Morgan fingerprint density at radius 3 is 1.27 bits per heavy atom. The summed E-state index contributed by atoms with van der Waals surface area (Å²) in [7, 11) is -4.79. The van der Waals surface area contributed by atoms with Gasteiger partial charge in [0.2, 0.25) is 0 Å². The average Bonchev–Trinajstić information content (AvgIpc) is 3.22. The highest BCUT2D eigenvalue weighted by molar-refractivity contribution is 7.46. The maximum absolute atomic E-state index is 12.4. The lowest BCUT2D eigenvalue weighted by atomic mass is 10.0. The fourth-order valence-corrected chi connectivity index (χ4v) is 6.76. The molecule has 0 bridgehead atoms. The van der Waals surface area contributed by atoms with Crippen molar-refractivity contribution in [3.8, 4) is 0 Å². The van der Waals surface area contributed by atoms with E-state index in [0.717, 1.165) is 51.4 Å². The van der Waals surface area contributed by atoms with Crippen molar-refractivity contribution in [2.24, 2.45) is 0 Å². The molecular formula is C51H87O8P. The van der Waals surface area contributed by atoms with E-state index in [0.29, 0.717) is 12.8 Å². The van der Waals surface area contributed by atoms with Crippen LogP contribution in [0, 0.1) is 0 Å². The Morgan fingerprint density at radius 1 is 0.450 bits per heavy atom. The van der Waals surface area contributed by atoms with Gasteiger partial charge in [0.05, 0.1) is 6.61 Å². The summed E-state index contributed by atoms with van der Waals surface area (Å²) < 4.78 is 26.4. The van der Waals surface area contributed by atoms with Gasteiger partial charge in [-0.2, -0.15) is 0 Å². The van der Waals surface area contributed by atoms with Gasteiger partial charge < -0.3 is 19.3 Å². The van der Waals surface area contributed by atoms with Gasteiger partial charge >= 0.3 is 19.8 Å². The fraction of sp³-hybridized carbons (Fsp3) is 0.686. The lowest BCUT2D eigenvalue weighted by molar-refractivity contribution is -0.161. The molecule has 344 valence electrons. The normalized spacial score (nSPS) is 13.2. The first kappa shape index (κ1) is 57.2. The maximum atomic E-state index is 12.4. The minimum atomic E-state index is -4.79. The minimum absolute atomic E-state index is 0.133. The smallest absolute Gasteiger partial charge is 0.462 e. The van der Waals surface area contributed by atoms with Gasteiger partial charge in [-0.15, -0.1) is 0 Å². The van der Waals surface area contributed by atoms with Gasteiger partial charge in [-0.05, 0) is 70.6 Å². The highest BCUT2D eigenvalue weighted by atomic mass is 31.2. The molecule has 0 radical (unpaired) electrons. The quantitative estimate of drug-likeness (QED) is 0.0269. The third kappa shape index (κ3) is 47.9. The van der Waals surface area contributed by atoms with Crippen LogP contribution in [0.1, 0.15) is 206 Å². The molecule has 0 heterocycles. The van der Waals surface area contributed by atoms with Crippen LogP contribution in [-0.4, -0.2) is 41.0 Å². The van der Waals surface area contributed by atoms with Crippen molar-refractivity contribution in [3.05, 3.63) is 85.1 Å². The van der Waals surface area contributed by atoms with Crippen LogP contribution in [0.3, 0.4) is 0 Å². The molecule has 0 saturated heterocycles. The lowest BCUT2D eigenvalue weighted by Gasteiger charge is -2.18. The van der Waals surface area contributed by atoms with Crippen LogP contribution in [-0.2, 0) is 28.2 Å². The number of unbranched alkanes of at least 4 members (excludes halogenated alkanes) is 19. The molecular weight excluding hydrogens is 772 g/mol. The molecule has 1 atom stereocenters. The Balaban J connectivity index is 3.98. The summed E-state index contributed by atoms with van der Waals surface area (Å²) in [4.78, 5) is 42.9. The number of rotatable bonds is 43. The monoisotopic (exact) mass is 859 g/mol. The second-order valence-corrected chi connectivity index (χ2v) is 16.9. The highest BCUT2D eigenvalue weighted by Gasteiger charge is 2.22. The second kappa shape index (κ2) is 45.7. The van der Waals surface area contributed by atoms with E-state index in [9.17, 15) is 14.2 Å². The van der Waals surface area contributed by atoms with E-state index in [1.807, 2.05) is 12.2 Å². The van der Waals surface area contributed by atoms with Gasteiger partial charge in [0.25, 0.3) is 0 Å². The molecule has 0 aliphatic carbocycles. The topological polar surface area (TPSA) is 119 Å². The zero-order valence-electron chi connectivity index (χ0n) is 38.1. The van der Waals surface area contributed by atoms with Gasteiger partial charge in [0.15, 0.2) is 6.10 Å². The van der Waals surface area contributed by atoms with Crippen molar-refractivity contribution < 1.29 is 37.9 Å². The van der Waals surface area contributed by atoms with Crippen LogP contribution < -0.4 is 0 Å². The van der Waals surface area contributed by atoms with Crippen molar-refractivity contribution in [1.82, 2.24) is 0 Å². The summed E-state index contributed by atoms with van der Waals surface area (Å²) in [6, 6.07) is 0. The van der Waals surface area contributed by atoms with E-state index in [4.69, 9.17) is 19.3 Å². The van der Waals surface area contributed by atoms with Crippen LogP contribution in [0.25, 0.3) is 0 Å². The summed E-state index contributed by atoms with van der Waals surface area (Å²) in [5, 5.41) is 0. The Bertz CT molecular complexity index is 1240. The van der Waals surface area contributed by atoms with Gasteiger partial charge in [0, 0.05) is 12.8 Å². The number of ether oxygens (including phenoxy) is 2. The fourth-order valence-electron chi connectivity index (χ4n) is 6.40. The number of phosphoric acid groups is 1. The van der Waals surface area contributed by atoms with Crippen LogP contribution in [0.15, 0.2) is 85.1 Å². The minimum Gasteiger partial charge on any atom is -0.462 e. The first-order valence-electron chi connectivity index (χ1n) is 23.9. The first-order chi connectivity index (χ1) is 29.3. The molecule has 2 N–H and O–H groups in total. The number of hydrogen-bond donors (Lipinski definition) is 2. The van der Waals surface area contributed by atoms with E-state index in [-0.39, 0.29) is 19.4 Å². The largest absolute Gasteiger partial charge is 0.469 e. The standard InChI is InChI=1S/C51H87O8P/c1-3-5-7-9-11-13-15-17-19-21-23-24-25-26-28-30-32-34-36-38-40-42-44-46-51(53)59-49(48-58-60(54,55)56)47-57-50(52)45-43-41-39-37-35-33-31-29-27-22-20-18-16-14-12-10-8-6-4-2/h6,8,12,14,18,20,27,29,33,35,38-41,49H,3-5,7,9-11,13,15-17,19,21-26,28,30-32,34,36-37,42-48H2,1-2H3,(H2,54,55,56)/b8-6+,14-12+,20-18+,29-27+,35-33+,40-38+,41-39+/t49-/m1/s1. The van der Waals surface area contributed by atoms with Gasteiger partial charge in [-0.25, -0.2) is 4.57 Å². The Morgan fingerprint density at radius 2 is 0.833 bits per heavy atom. The Hall–Kier alpha value is -2.77. The summed E-state index contributed by atoms with van der Waals surface area (Å²) in [6.45, 7) is 3.50. The maximum Gasteiger partial charge on any atom is 0.469 e. The van der Waals surface area contributed by atoms with E-state index < -0.39 is 32.5 Å². The molecule has 0 aliphatic heterocycles. The van der Waals surface area contributed by atoms with E-state index >= 15 is 0 Å². The third-order valence-corrected chi connectivity index (χ3v) is 10.4. The molecule has 0 spiro atoms. The summed E-state index contributed by atoms with van der Waals surface area (Å²) >= 11 is 0. The van der Waals surface area contributed by atoms with Crippen molar-refractivity contribution in [2.45, 2.75) is 213 Å². The van der Waals surface area contributed by atoms with Crippen molar-refractivity contribution >= 4 is 19.8 Å². The Labute approximate surface area is 367 Å². The van der Waals surface area contributed by atoms with Crippen LogP contribution in [0.4, 0.5) is 0 Å². The lowest BCUT2D eigenvalue weighted by Crippen LogP contribution is -2.29. The number of phosphoric ester groups is 1. The molecule has 8 nitrogen and oxygen atoms in total. The summed E-state index contributed by atoms with van der Waals surface area (Å²) in [6.07, 6.45) is 62.0. The van der Waals surface area contributed by atoms with Gasteiger partial charge in [-0.3, -0.25) is 14.1 Å². The summed E-state index contributed by atoms with van der Waals surface area (Å²) in [5.74, 6) is -1.02. The molecule has 0 saturated carbocycles. The van der Waals surface area contributed by atoms with Gasteiger partial charge in [0.1, 0.15) is 6.61 Å². The van der Waals surface area contributed by atoms with Crippen molar-refractivity contribution in [2.75, 3.05) is 13.2 Å². The van der Waals surface area contributed by atoms with Crippen LogP contribution >= 0.6 is 7.82 Å². The third-order valence-electron chi connectivity index (χ3n) is 9.91. The van der Waals surface area contributed by atoms with E-state index in [1.165, 1.54) is 116 Å². The molecule has 0 rings (SSSR count). The zero-order chi connectivity index (χ0) is 43.9. The molecule has 0 aromatic rings. The van der Waals surface area contributed by atoms with Gasteiger partial charge in [-0.1, -0.05) is 208 Å². The number of esters is 2. The molecule has 60 heavy (non-hydrogen) atoms. The predicted molar refractivity (Wildman–Crippen MR) is 253 cm³/mol. The Kier molecular flexibility index (Phi) is 43.6. The predicted octanol–water partition coefficient (Wildman–Crippen LogP) is 15.2. The SMILES string of the molecule is CC/C=C/C/C=C/C/C=C/C/C=C/C/C=C/C/C=C/CCC(=O)OC[C@H](COP(=O)(O)O)OC(=O)CCC/C=C/CCCCCCCCCCCCCCCCCCCC. The molecule has 0 fully saturated rings. The van der Waals surface area contributed by atoms with Crippen molar-refractivity contribution in [3.63, 3.8) is 0 Å². The van der Waals surface area contributed by atoms with E-state index in [2.05, 4.69) is 91.3 Å². The molecule has 0 amide bonds. The number of carbonyl (C=O) groups excluding carboxylic acids is 2. The number of carbonyl (C=O) groups is 2. The average molecular weight is 859 g/mol. The number of allylic oxidation sites excluding steroid dienone is 14. The molecule has 0 aliphatic rings. The van der Waals surface area contributed by atoms with Crippen LogP contribution in [0.5, 0.6) is 0 Å². The van der Waals surface area contributed by atoms with Crippen LogP contribution in [0.2, 0.25) is 0 Å². The number of hydrogen-bond acceptors (Lipinski definition) is 6. The zero-order valence-corrected chi connectivity index (χ0v) is 39.0. The van der Waals surface area contributed by atoms with Crippen molar-refractivity contribution in [1.29, 1.82) is 0 Å². The molecule has 0 aromatic heterocycles.